The quantitative estimate of drug-likeness (QED) is 0.165. The van der Waals surface area contributed by atoms with Crippen molar-refractivity contribution in [3.63, 3.8) is 0 Å². The summed E-state index contributed by atoms with van der Waals surface area (Å²) < 4.78 is 5.24. The summed E-state index contributed by atoms with van der Waals surface area (Å²) in [6.45, 7) is 0. The van der Waals surface area contributed by atoms with Gasteiger partial charge in [-0.15, -0.1) is 0 Å². The lowest BCUT2D eigenvalue weighted by Crippen LogP contribution is -2.20. The molecule has 2 heterocycles. The molecule has 0 aliphatic heterocycles. The first-order valence-corrected chi connectivity index (χ1v) is 18.9. The Hall–Kier alpha value is -5.08. The molecule has 2 heteroatoms. The van der Waals surface area contributed by atoms with Crippen LogP contribution in [0.4, 0.5) is 0 Å². The third kappa shape index (κ3) is 4.99. The smallest absolute Gasteiger partial charge is 0.0534 e. The maximum Gasteiger partial charge on any atom is 0.0534 e. The molecule has 0 amide bonds. The monoisotopic (exact) mass is 648 g/mol. The lowest BCUT2D eigenvalue weighted by molar-refractivity contribution is 0.436. The van der Waals surface area contributed by atoms with Gasteiger partial charge in [-0.2, -0.15) is 0 Å². The average Bonchev–Trinajstić information content (AvgIpc) is 3.71. The Kier molecular flexibility index (Phi) is 7.36. The third-order valence-corrected chi connectivity index (χ3v) is 12.1. The number of para-hydroxylation sites is 2. The maximum absolute atomic E-state index is 2.71. The minimum absolute atomic E-state index is 0.300. The molecule has 6 aromatic rings. The van der Waals surface area contributed by atoms with E-state index in [0.29, 0.717) is 17.9 Å². The van der Waals surface area contributed by atoms with Gasteiger partial charge in [-0.3, -0.25) is 0 Å². The van der Waals surface area contributed by atoms with Crippen molar-refractivity contribution >= 4 is 50.1 Å². The molecule has 3 atom stereocenters. The van der Waals surface area contributed by atoms with Crippen LogP contribution in [-0.2, 0) is 6.42 Å². The Morgan fingerprint density at radius 3 is 2.34 bits per heavy atom. The highest BCUT2D eigenvalue weighted by atomic mass is 15.0. The molecule has 2 aromatic heterocycles. The van der Waals surface area contributed by atoms with Crippen molar-refractivity contribution in [3.05, 3.63) is 161 Å². The molecule has 0 radical (unpaired) electrons. The van der Waals surface area contributed by atoms with E-state index in [1.807, 2.05) is 0 Å². The van der Waals surface area contributed by atoms with Crippen LogP contribution in [-0.4, -0.2) is 9.13 Å². The molecule has 4 aliphatic carbocycles. The van der Waals surface area contributed by atoms with E-state index in [2.05, 4.69) is 149 Å². The first kappa shape index (κ1) is 29.8. The van der Waals surface area contributed by atoms with Crippen molar-refractivity contribution < 1.29 is 0 Å². The Balaban J connectivity index is 1.09. The van der Waals surface area contributed by atoms with E-state index in [1.165, 1.54) is 92.0 Å². The molecule has 246 valence electrons. The zero-order valence-corrected chi connectivity index (χ0v) is 28.8. The molecule has 50 heavy (non-hydrogen) atoms. The molecule has 10 rings (SSSR count). The molecular weight excluding hydrogens is 605 g/mol. The van der Waals surface area contributed by atoms with E-state index in [4.69, 9.17) is 0 Å². The van der Waals surface area contributed by atoms with Gasteiger partial charge in [-0.1, -0.05) is 115 Å². The van der Waals surface area contributed by atoms with Gasteiger partial charge in [0, 0.05) is 44.5 Å². The van der Waals surface area contributed by atoms with Crippen LogP contribution < -0.4 is 0 Å². The van der Waals surface area contributed by atoms with Crippen LogP contribution in [0.25, 0.3) is 50.1 Å². The normalized spacial score (nSPS) is 22.1. The van der Waals surface area contributed by atoms with Crippen LogP contribution in [0.5, 0.6) is 0 Å². The second-order valence-electron chi connectivity index (χ2n) is 15.0. The molecule has 3 unspecified atom stereocenters. The number of fused-ring (bicyclic) bond motifs is 6. The fourth-order valence-electron chi connectivity index (χ4n) is 9.70. The highest BCUT2D eigenvalue weighted by molar-refractivity contribution is 6.08. The molecular formula is C48H44N2. The summed E-state index contributed by atoms with van der Waals surface area (Å²) in [7, 11) is 0. The van der Waals surface area contributed by atoms with Gasteiger partial charge in [-0.25, -0.2) is 0 Å². The van der Waals surface area contributed by atoms with Crippen molar-refractivity contribution in [2.45, 2.75) is 69.7 Å². The summed E-state index contributed by atoms with van der Waals surface area (Å²) in [5.41, 5.74) is 14.3. The van der Waals surface area contributed by atoms with E-state index < -0.39 is 0 Å². The number of allylic oxidation sites excluding steroid dienone is 9. The summed E-state index contributed by atoms with van der Waals surface area (Å²) in [6, 6.07) is 37.0. The molecule has 0 saturated heterocycles. The van der Waals surface area contributed by atoms with Crippen molar-refractivity contribution in [1.82, 2.24) is 9.13 Å². The molecule has 0 saturated carbocycles. The van der Waals surface area contributed by atoms with Gasteiger partial charge < -0.3 is 9.13 Å². The SMILES string of the molecule is C1=CCCC(n2c3c(c4ccccc42)CC(c2ccc4c5ccccc5n(C5C=C(c6ccccc6)CC(C6=CCCCC6)C5)c4c2)C=C3)=C1. The topological polar surface area (TPSA) is 9.86 Å². The number of aromatic nitrogens is 2. The Morgan fingerprint density at radius 1 is 0.680 bits per heavy atom. The van der Waals surface area contributed by atoms with E-state index in [-0.39, 0.29) is 0 Å². The van der Waals surface area contributed by atoms with Crippen LogP contribution in [0.1, 0.15) is 85.7 Å². The molecule has 0 N–H and O–H groups in total. The summed E-state index contributed by atoms with van der Waals surface area (Å²) >= 11 is 0. The van der Waals surface area contributed by atoms with Crippen molar-refractivity contribution in [1.29, 1.82) is 0 Å². The van der Waals surface area contributed by atoms with Gasteiger partial charge in [-0.05, 0) is 116 Å². The highest BCUT2D eigenvalue weighted by Gasteiger charge is 2.30. The molecule has 0 spiro atoms. The number of rotatable bonds is 5. The summed E-state index contributed by atoms with van der Waals surface area (Å²) in [6.07, 6.45) is 27.6. The number of hydrogen-bond donors (Lipinski definition) is 0. The number of nitrogens with zero attached hydrogens (tertiary/aromatic N) is 2. The summed E-state index contributed by atoms with van der Waals surface area (Å²) in [5, 5.41) is 4.13. The minimum atomic E-state index is 0.300. The second kappa shape index (κ2) is 12.4. The standard InChI is InChI=1S/C48H44N2/c1-4-14-33(15-5-1)37-28-38(34-16-6-2-7-17-34)30-40(29-37)50-45-22-12-10-20-41(45)43-26-24-36(32-48(43)50)35-25-27-47-44(31-35)42-21-11-13-23-46(42)49(47)39-18-8-3-9-19-39/h1,3-5,8,10-16,18,20-27,29,32,35,38,40H,2,6-7,9,17,19,28,30-31H2. The molecule has 2 nitrogen and oxygen atoms in total. The molecule has 4 aromatic carbocycles. The fraction of sp³-hybridized carbons (Fsp3) is 0.250. The Bertz CT molecular complexity index is 2420. The van der Waals surface area contributed by atoms with Gasteiger partial charge in [0.1, 0.15) is 0 Å². The van der Waals surface area contributed by atoms with E-state index in [0.717, 1.165) is 32.1 Å². The average molecular weight is 649 g/mol. The van der Waals surface area contributed by atoms with Gasteiger partial charge in [0.05, 0.1) is 11.6 Å². The highest BCUT2D eigenvalue weighted by Crippen LogP contribution is 2.46. The largest absolute Gasteiger partial charge is 0.333 e. The number of benzene rings is 4. The van der Waals surface area contributed by atoms with E-state index >= 15 is 0 Å². The Morgan fingerprint density at radius 2 is 1.50 bits per heavy atom. The van der Waals surface area contributed by atoms with Gasteiger partial charge in [0.25, 0.3) is 0 Å². The predicted octanol–water partition coefficient (Wildman–Crippen LogP) is 12.8. The lowest BCUT2D eigenvalue weighted by Gasteiger charge is -2.33. The predicted molar refractivity (Wildman–Crippen MR) is 212 cm³/mol. The molecule has 0 fully saturated rings. The van der Waals surface area contributed by atoms with Crippen LogP contribution in [0.15, 0.2) is 139 Å². The fourth-order valence-corrected chi connectivity index (χ4v) is 9.70. The maximum atomic E-state index is 2.71. The third-order valence-electron chi connectivity index (χ3n) is 12.1. The van der Waals surface area contributed by atoms with Gasteiger partial charge in [0.2, 0.25) is 0 Å². The van der Waals surface area contributed by atoms with Gasteiger partial charge in [0.15, 0.2) is 0 Å². The summed E-state index contributed by atoms with van der Waals surface area (Å²) in [4.78, 5) is 0. The molecule has 0 bridgehead atoms. The van der Waals surface area contributed by atoms with Crippen LogP contribution in [0.2, 0.25) is 0 Å². The van der Waals surface area contributed by atoms with Crippen LogP contribution in [0, 0.1) is 5.92 Å². The first-order valence-electron chi connectivity index (χ1n) is 18.9. The minimum Gasteiger partial charge on any atom is -0.333 e. The zero-order chi connectivity index (χ0) is 33.0. The van der Waals surface area contributed by atoms with Crippen LogP contribution >= 0.6 is 0 Å². The lowest BCUT2D eigenvalue weighted by atomic mass is 9.76. The van der Waals surface area contributed by atoms with Gasteiger partial charge >= 0.3 is 0 Å². The van der Waals surface area contributed by atoms with Crippen molar-refractivity contribution in [2.75, 3.05) is 0 Å². The van der Waals surface area contributed by atoms with Crippen molar-refractivity contribution in [3.8, 4) is 0 Å². The van der Waals surface area contributed by atoms with Crippen LogP contribution in [0.3, 0.4) is 0 Å². The summed E-state index contributed by atoms with van der Waals surface area (Å²) in [5.74, 6) is 0.923. The van der Waals surface area contributed by atoms with Crippen molar-refractivity contribution in [2.24, 2.45) is 5.92 Å². The molecule has 4 aliphatic rings. The van der Waals surface area contributed by atoms with E-state index in [1.54, 1.807) is 5.57 Å². The number of hydrogen-bond acceptors (Lipinski definition) is 0. The zero-order valence-electron chi connectivity index (χ0n) is 28.8. The second-order valence-corrected chi connectivity index (χ2v) is 15.0. The van der Waals surface area contributed by atoms with E-state index in [9.17, 15) is 0 Å². The Labute approximate surface area is 295 Å². The first-order chi connectivity index (χ1) is 24.8.